The summed E-state index contributed by atoms with van der Waals surface area (Å²) in [5.41, 5.74) is -0.698. The Hall–Kier alpha value is -1.18. The largest absolute Gasteiger partial charge is 0.363 e. The molecule has 21 heavy (non-hydrogen) atoms. The van der Waals surface area contributed by atoms with Crippen LogP contribution in [0, 0.1) is 0 Å². The van der Waals surface area contributed by atoms with E-state index in [9.17, 15) is 4.79 Å². The second kappa shape index (κ2) is 5.90. The topological polar surface area (TPSA) is 48.9 Å². The molecule has 1 atom stereocenters. The molecule has 7 heteroatoms. The molecule has 3 heterocycles. The molecule has 116 valence electrons. The van der Waals surface area contributed by atoms with Crippen LogP contribution in [0.1, 0.15) is 6.92 Å². The number of ether oxygens (including phenoxy) is 1. The summed E-state index contributed by atoms with van der Waals surface area (Å²) < 4.78 is 5.79. The van der Waals surface area contributed by atoms with E-state index in [1.54, 1.807) is 11.3 Å². The molecule has 0 N–H and O–H groups in total. The average Bonchev–Trinajstić information content (AvgIpc) is 3.00. The molecule has 6 nitrogen and oxygen atoms in total. The van der Waals surface area contributed by atoms with E-state index < -0.39 is 5.60 Å². The fraction of sp³-hybridized carbons (Fsp3) is 0.714. The van der Waals surface area contributed by atoms with Gasteiger partial charge in [0, 0.05) is 50.8 Å². The number of anilines is 1. The fourth-order valence-electron chi connectivity index (χ4n) is 3.00. The normalized spacial score (nSPS) is 27.9. The SMILES string of the molecule is CN1CCO[C@@](C)(C(=O)N2CCN(c3nccs3)CC2)C1. The van der Waals surface area contributed by atoms with Crippen molar-refractivity contribution in [3.63, 3.8) is 0 Å². The Balaban J connectivity index is 1.60. The van der Waals surface area contributed by atoms with Gasteiger partial charge >= 0.3 is 0 Å². The molecular formula is C14H22N4O2S. The lowest BCUT2D eigenvalue weighted by molar-refractivity contribution is -0.166. The van der Waals surface area contributed by atoms with Crippen molar-refractivity contribution in [1.29, 1.82) is 0 Å². The number of carbonyl (C=O) groups is 1. The molecule has 3 rings (SSSR count). The van der Waals surface area contributed by atoms with Gasteiger partial charge in [0.15, 0.2) is 10.7 Å². The van der Waals surface area contributed by atoms with Gasteiger partial charge in [0.25, 0.3) is 5.91 Å². The summed E-state index contributed by atoms with van der Waals surface area (Å²) in [6.45, 7) is 7.24. The second-order valence-corrected chi connectivity index (χ2v) is 6.78. The van der Waals surface area contributed by atoms with Crippen LogP contribution in [-0.4, -0.2) is 79.2 Å². The van der Waals surface area contributed by atoms with E-state index >= 15 is 0 Å². The quantitative estimate of drug-likeness (QED) is 0.797. The third kappa shape index (κ3) is 3.04. The molecule has 2 aliphatic heterocycles. The molecule has 1 aromatic heterocycles. The van der Waals surface area contributed by atoms with Crippen molar-refractivity contribution in [2.75, 3.05) is 57.8 Å². The van der Waals surface area contributed by atoms with Crippen molar-refractivity contribution in [2.24, 2.45) is 0 Å². The Morgan fingerprint density at radius 3 is 2.71 bits per heavy atom. The number of hydrogen-bond acceptors (Lipinski definition) is 6. The predicted molar refractivity (Wildman–Crippen MR) is 82.8 cm³/mol. The zero-order chi connectivity index (χ0) is 14.9. The van der Waals surface area contributed by atoms with E-state index in [2.05, 4.69) is 14.8 Å². The Morgan fingerprint density at radius 2 is 2.10 bits per heavy atom. The van der Waals surface area contributed by atoms with Crippen molar-refractivity contribution < 1.29 is 9.53 Å². The number of rotatable bonds is 2. The van der Waals surface area contributed by atoms with Crippen molar-refractivity contribution in [3.8, 4) is 0 Å². The average molecular weight is 310 g/mol. The fourth-order valence-corrected chi connectivity index (χ4v) is 3.70. The zero-order valence-corrected chi connectivity index (χ0v) is 13.4. The van der Waals surface area contributed by atoms with Crippen molar-refractivity contribution in [1.82, 2.24) is 14.8 Å². The van der Waals surface area contributed by atoms with Crippen LogP contribution in [-0.2, 0) is 9.53 Å². The number of thiazole rings is 1. The monoisotopic (exact) mass is 310 g/mol. The first kappa shape index (κ1) is 14.7. The van der Waals surface area contributed by atoms with Gasteiger partial charge in [-0.3, -0.25) is 4.79 Å². The van der Waals surface area contributed by atoms with Gasteiger partial charge in [0.2, 0.25) is 0 Å². The van der Waals surface area contributed by atoms with Crippen LogP contribution < -0.4 is 4.90 Å². The predicted octanol–water partition coefficient (Wildman–Crippen LogP) is 0.512. The summed E-state index contributed by atoms with van der Waals surface area (Å²) in [7, 11) is 2.04. The summed E-state index contributed by atoms with van der Waals surface area (Å²) in [5.74, 6) is 0.118. The molecule has 2 aliphatic rings. The zero-order valence-electron chi connectivity index (χ0n) is 12.6. The first-order valence-corrected chi connectivity index (χ1v) is 8.23. The minimum absolute atomic E-state index is 0.118. The highest BCUT2D eigenvalue weighted by Crippen LogP contribution is 2.23. The van der Waals surface area contributed by atoms with Crippen LogP contribution >= 0.6 is 11.3 Å². The number of hydrogen-bond donors (Lipinski definition) is 0. The maximum Gasteiger partial charge on any atom is 0.255 e. The molecular weight excluding hydrogens is 288 g/mol. The van der Waals surface area contributed by atoms with Crippen LogP contribution in [0.25, 0.3) is 0 Å². The van der Waals surface area contributed by atoms with Crippen LogP contribution in [0.4, 0.5) is 5.13 Å². The molecule has 0 unspecified atom stereocenters. The van der Waals surface area contributed by atoms with Gasteiger partial charge < -0.3 is 19.4 Å². The Morgan fingerprint density at radius 1 is 1.33 bits per heavy atom. The first-order chi connectivity index (χ1) is 10.1. The minimum atomic E-state index is -0.698. The highest BCUT2D eigenvalue weighted by Gasteiger charge is 2.41. The number of amides is 1. The van der Waals surface area contributed by atoms with Crippen LogP contribution in [0.2, 0.25) is 0 Å². The van der Waals surface area contributed by atoms with Gasteiger partial charge in [0.05, 0.1) is 6.61 Å². The van der Waals surface area contributed by atoms with Crippen LogP contribution in [0.5, 0.6) is 0 Å². The lowest BCUT2D eigenvalue weighted by Crippen LogP contribution is -2.61. The standard InChI is InChI=1S/C14H22N4O2S/c1-14(11-16(2)8-9-20-14)12(19)17-4-6-18(7-5-17)13-15-3-10-21-13/h3,10H,4-9,11H2,1-2H3/t14-/m1/s1. The first-order valence-electron chi connectivity index (χ1n) is 7.35. The van der Waals surface area contributed by atoms with E-state index in [4.69, 9.17) is 4.74 Å². The lowest BCUT2D eigenvalue weighted by atomic mass is 10.0. The molecule has 0 bridgehead atoms. The highest BCUT2D eigenvalue weighted by molar-refractivity contribution is 7.13. The summed E-state index contributed by atoms with van der Waals surface area (Å²) in [4.78, 5) is 23.4. The van der Waals surface area contributed by atoms with E-state index in [0.717, 1.165) is 37.9 Å². The molecule has 0 saturated carbocycles. The summed E-state index contributed by atoms with van der Waals surface area (Å²) in [5, 5.41) is 3.03. The molecule has 0 spiro atoms. The van der Waals surface area contributed by atoms with E-state index in [-0.39, 0.29) is 5.91 Å². The maximum absolute atomic E-state index is 12.8. The number of piperazine rings is 1. The third-order valence-electron chi connectivity index (χ3n) is 4.17. The minimum Gasteiger partial charge on any atom is -0.363 e. The summed E-state index contributed by atoms with van der Waals surface area (Å²) in [6.07, 6.45) is 1.82. The molecule has 0 aliphatic carbocycles. The molecule has 1 aromatic rings. The van der Waals surface area contributed by atoms with Gasteiger partial charge in [-0.25, -0.2) is 4.98 Å². The Bertz CT molecular complexity index is 487. The number of likely N-dealkylation sites (N-methyl/N-ethyl adjacent to an activating group) is 1. The van der Waals surface area contributed by atoms with Gasteiger partial charge in [-0.05, 0) is 14.0 Å². The molecule has 2 saturated heterocycles. The lowest BCUT2D eigenvalue weighted by Gasteiger charge is -2.43. The third-order valence-corrected chi connectivity index (χ3v) is 5.01. The number of nitrogens with zero attached hydrogens (tertiary/aromatic N) is 4. The van der Waals surface area contributed by atoms with E-state index in [0.29, 0.717) is 13.2 Å². The van der Waals surface area contributed by atoms with E-state index in [1.165, 1.54) is 0 Å². The Kier molecular flexibility index (Phi) is 4.14. The van der Waals surface area contributed by atoms with Crippen molar-refractivity contribution in [3.05, 3.63) is 11.6 Å². The number of aromatic nitrogens is 1. The second-order valence-electron chi connectivity index (χ2n) is 5.91. The highest BCUT2D eigenvalue weighted by atomic mass is 32.1. The van der Waals surface area contributed by atoms with Crippen molar-refractivity contribution >= 4 is 22.4 Å². The maximum atomic E-state index is 12.8. The van der Waals surface area contributed by atoms with E-state index in [1.807, 2.05) is 30.4 Å². The van der Waals surface area contributed by atoms with Crippen molar-refractivity contribution in [2.45, 2.75) is 12.5 Å². The number of carbonyl (C=O) groups excluding carboxylic acids is 1. The van der Waals surface area contributed by atoms with Crippen LogP contribution in [0.15, 0.2) is 11.6 Å². The molecule has 2 fully saturated rings. The number of morpholine rings is 1. The summed E-state index contributed by atoms with van der Waals surface area (Å²) >= 11 is 1.65. The van der Waals surface area contributed by atoms with Gasteiger partial charge in [-0.1, -0.05) is 0 Å². The smallest absolute Gasteiger partial charge is 0.255 e. The molecule has 0 radical (unpaired) electrons. The molecule has 1 amide bonds. The van der Waals surface area contributed by atoms with Crippen LogP contribution in [0.3, 0.4) is 0 Å². The summed E-state index contributed by atoms with van der Waals surface area (Å²) in [6, 6.07) is 0. The Labute approximate surface area is 129 Å². The van der Waals surface area contributed by atoms with Gasteiger partial charge in [-0.15, -0.1) is 11.3 Å². The van der Waals surface area contributed by atoms with Gasteiger partial charge in [0.1, 0.15) is 0 Å². The molecule has 0 aromatic carbocycles. The van der Waals surface area contributed by atoms with Gasteiger partial charge in [-0.2, -0.15) is 0 Å².